The SMILES string of the molecule is COc1ccc([C@@H]2CC(c3cccs3)=NN2C(=O)CSc2nnc(CNC(=O)c3cccc(OC)c3)n2CCc2ccccc2)cc1. The topological polar surface area (TPSA) is 111 Å². The van der Waals surface area contributed by atoms with E-state index in [1.807, 2.05) is 64.5 Å². The number of amides is 2. The van der Waals surface area contributed by atoms with Crippen LogP contribution in [0.2, 0.25) is 0 Å². The maximum atomic E-state index is 13.8. The average molecular weight is 667 g/mol. The van der Waals surface area contributed by atoms with Gasteiger partial charge in [0.25, 0.3) is 11.8 Å². The summed E-state index contributed by atoms with van der Waals surface area (Å²) in [4.78, 5) is 27.8. The first-order valence-corrected chi connectivity index (χ1v) is 17.0. The van der Waals surface area contributed by atoms with Gasteiger partial charge in [-0.2, -0.15) is 5.10 Å². The lowest BCUT2D eigenvalue weighted by atomic mass is 10.0. The summed E-state index contributed by atoms with van der Waals surface area (Å²) in [5.74, 6) is 1.70. The van der Waals surface area contributed by atoms with Gasteiger partial charge in [-0.25, -0.2) is 5.01 Å². The van der Waals surface area contributed by atoms with Crippen LogP contribution in [0.4, 0.5) is 0 Å². The Bertz CT molecular complexity index is 1840. The highest BCUT2D eigenvalue weighted by Crippen LogP contribution is 2.35. The number of hydrogen-bond acceptors (Lipinski definition) is 9. The van der Waals surface area contributed by atoms with E-state index in [9.17, 15) is 9.59 Å². The molecule has 47 heavy (non-hydrogen) atoms. The first-order valence-electron chi connectivity index (χ1n) is 15.1. The van der Waals surface area contributed by atoms with Crippen molar-refractivity contribution < 1.29 is 19.1 Å². The van der Waals surface area contributed by atoms with E-state index in [0.717, 1.165) is 33.9 Å². The van der Waals surface area contributed by atoms with E-state index < -0.39 is 0 Å². The number of hydrazone groups is 1. The highest BCUT2D eigenvalue weighted by Gasteiger charge is 2.33. The highest BCUT2D eigenvalue weighted by atomic mass is 32.2. The van der Waals surface area contributed by atoms with E-state index in [-0.39, 0.29) is 30.2 Å². The van der Waals surface area contributed by atoms with Crippen LogP contribution in [0.1, 0.15) is 44.6 Å². The Morgan fingerprint density at radius 2 is 1.74 bits per heavy atom. The lowest BCUT2D eigenvalue weighted by molar-refractivity contribution is -0.130. The molecule has 1 atom stereocenters. The van der Waals surface area contributed by atoms with Crippen LogP contribution in [0.3, 0.4) is 0 Å². The maximum absolute atomic E-state index is 13.8. The van der Waals surface area contributed by atoms with Crippen molar-refractivity contribution in [3.63, 3.8) is 0 Å². The van der Waals surface area contributed by atoms with Gasteiger partial charge in [-0.05, 0) is 59.3 Å². The van der Waals surface area contributed by atoms with Crippen molar-refractivity contribution in [2.24, 2.45) is 5.10 Å². The second-order valence-electron chi connectivity index (χ2n) is 10.7. The van der Waals surface area contributed by atoms with Gasteiger partial charge in [0, 0.05) is 18.5 Å². The van der Waals surface area contributed by atoms with Gasteiger partial charge in [0.1, 0.15) is 11.5 Å². The van der Waals surface area contributed by atoms with Gasteiger partial charge in [-0.1, -0.05) is 66.4 Å². The molecule has 3 heterocycles. The van der Waals surface area contributed by atoms with Crippen molar-refractivity contribution in [3.05, 3.63) is 124 Å². The van der Waals surface area contributed by atoms with Crippen LogP contribution in [0.25, 0.3) is 0 Å². The first-order chi connectivity index (χ1) is 23.0. The fourth-order valence-electron chi connectivity index (χ4n) is 5.30. The second kappa shape index (κ2) is 15.1. The third kappa shape index (κ3) is 7.72. The van der Waals surface area contributed by atoms with Crippen LogP contribution in [0, 0.1) is 0 Å². The number of thioether (sulfide) groups is 1. The van der Waals surface area contributed by atoms with Crippen molar-refractivity contribution in [2.45, 2.75) is 37.1 Å². The number of thiophene rings is 1. The fraction of sp³-hybridized carbons (Fsp3) is 0.229. The number of aryl methyl sites for hydroxylation is 1. The highest BCUT2D eigenvalue weighted by molar-refractivity contribution is 7.99. The minimum absolute atomic E-state index is 0.119. The molecule has 5 aromatic rings. The number of carbonyl (C=O) groups is 2. The van der Waals surface area contributed by atoms with Crippen LogP contribution in [-0.4, -0.2) is 57.3 Å². The smallest absolute Gasteiger partial charge is 0.253 e. The minimum Gasteiger partial charge on any atom is -0.497 e. The summed E-state index contributed by atoms with van der Waals surface area (Å²) in [6.45, 7) is 0.753. The second-order valence-corrected chi connectivity index (χ2v) is 12.6. The van der Waals surface area contributed by atoms with Crippen molar-refractivity contribution >= 4 is 40.6 Å². The predicted octanol–water partition coefficient (Wildman–Crippen LogP) is 6.00. The third-order valence-corrected chi connectivity index (χ3v) is 9.67. The molecule has 1 aliphatic rings. The molecule has 1 aliphatic heterocycles. The zero-order valence-electron chi connectivity index (χ0n) is 26.0. The Hall–Kier alpha value is -4.94. The van der Waals surface area contributed by atoms with Gasteiger partial charge in [-0.3, -0.25) is 9.59 Å². The van der Waals surface area contributed by atoms with Crippen molar-refractivity contribution in [3.8, 4) is 11.5 Å². The van der Waals surface area contributed by atoms with Crippen molar-refractivity contribution in [2.75, 3.05) is 20.0 Å². The van der Waals surface area contributed by atoms with E-state index in [4.69, 9.17) is 14.6 Å². The zero-order valence-corrected chi connectivity index (χ0v) is 27.7. The molecule has 2 aromatic heterocycles. The van der Waals surface area contributed by atoms with Crippen LogP contribution < -0.4 is 14.8 Å². The molecule has 6 rings (SSSR count). The summed E-state index contributed by atoms with van der Waals surface area (Å²) in [6.07, 6.45) is 1.35. The molecule has 2 amide bonds. The number of nitrogens with zero attached hydrogens (tertiary/aromatic N) is 5. The summed E-state index contributed by atoms with van der Waals surface area (Å²) < 4.78 is 12.6. The Labute approximate surface area is 281 Å². The first kappa shape index (κ1) is 32.0. The summed E-state index contributed by atoms with van der Waals surface area (Å²) in [6, 6.07) is 28.7. The molecule has 0 aliphatic carbocycles. The quantitative estimate of drug-likeness (QED) is 0.154. The molecular formula is C35H34N6O4S2. The number of ether oxygens (including phenoxy) is 2. The predicted molar refractivity (Wildman–Crippen MR) is 183 cm³/mol. The van der Waals surface area contributed by atoms with E-state index in [1.54, 1.807) is 54.8 Å². The molecule has 0 radical (unpaired) electrons. The van der Waals surface area contributed by atoms with Crippen LogP contribution >= 0.6 is 23.1 Å². The van der Waals surface area contributed by atoms with Crippen molar-refractivity contribution in [1.29, 1.82) is 0 Å². The van der Waals surface area contributed by atoms with Gasteiger partial charge in [0.2, 0.25) is 0 Å². The average Bonchev–Trinajstić information content (AvgIpc) is 3.90. The number of hydrogen-bond donors (Lipinski definition) is 1. The monoisotopic (exact) mass is 666 g/mol. The lowest BCUT2D eigenvalue weighted by Gasteiger charge is -2.22. The molecule has 10 nitrogen and oxygen atoms in total. The van der Waals surface area contributed by atoms with Gasteiger partial charge in [0.05, 0.1) is 43.1 Å². The Morgan fingerprint density at radius 1 is 0.936 bits per heavy atom. The van der Waals surface area contributed by atoms with Crippen LogP contribution in [0.15, 0.2) is 107 Å². The van der Waals surface area contributed by atoms with E-state index in [2.05, 4.69) is 27.6 Å². The lowest BCUT2D eigenvalue weighted by Crippen LogP contribution is -2.28. The maximum Gasteiger partial charge on any atom is 0.253 e. The fourth-order valence-corrected chi connectivity index (χ4v) is 6.86. The summed E-state index contributed by atoms with van der Waals surface area (Å²) in [5, 5.41) is 20.8. The number of methoxy groups -OCH3 is 2. The van der Waals surface area contributed by atoms with Crippen LogP contribution in [-0.2, 0) is 24.3 Å². The third-order valence-electron chi connectivity index (χ3n) is 7.80. The number of aromatic nitrogens is 3. The standard InChI is InChI=1S/C35H34N6O4S2/c1-44-27-15-13-25(14-16-27)30-21-29(31-12-7-19-46-31)39-41(30)33(42)23-47-35-38-37-32(40(35)18-17-24-8-4-3-5-9-24)22-36-34(43)26-10-6-11-28(20-26)45-2/h3-16,19-20,30H,17-18,21-23H2,1-2H3,(H,36,43)/t30-/m0/s1. The van der Waals surface area contributed by atoms with Gasteiger partial charge < -0.3 is 19.4 Å². The van der Waals surface area contributed by atoms with E-state index >= 15 is 0 Å². The minimum atomic E-state index is -0.246. The molecule has 240 valence electrons. The molecule has 0 bridgehead atoms. The largest absolute Gasteiger partial charge is 0.497 e. The number of rotatable bonds is 13. The Morgan fingerprint density at radius 3 is 2.49 bits per heavy atom. The molecule has 3 aromatic carbocycles. The van der Waals surface area contributed by atoms with Crippen LogP contribution in [0.5, 0.6) is 11.5 Å². The van der Waals surface area contributed by atoms with Gasteiger partial charge in [0.15, 0.2) is 11.0 Å². The summed E-state index contributed by atoms with van der Waals surface area (Å²) >= 11 is 2.93. The summed E-state index contributed by atoms with van der Waals surface area (Å²) in [5.41, 5.74) is 3.52. The molecule has 0 saturated carbocycles. The normalized spacial score (nSPS) is 14.1. The zero-order chi connectivity index (χ0) is 32.6. The summed E-state index contributed by atoms with van der Waals surface area (Å²) in [7, 11) is 3.20. The van der Waals surface area contributed by atoms with E-state index in [0.29, 0.717) is 35.3 Å². The van der Waals surface area contributed by atoms with E-state index in [1.165, 1.54) is 11.8 Å². The molecule has 0 saturated heterocycles. The molecule has 0 spiro atoms. The van der Waals surface area contributed by atoms with Gasteiger partial charge >= 0.3 is 0 Å². The Kier molecular flexibility index (Phi) is 10.3. The molecule has 0 fully saturated rings. The Balaban J connectivity index is 1.19. The molecule has 12 heteroatoms. The van der Waals surface area contributed by atoms with Crippen molar-refractivity contribution in [1.82, 2.24) is 25.1 Å². The number of carbonyl (C=O) groups excluding carboxylic acids is 2. The number of benzene rings is 3. The molecule has 1 N–H and O–H groups in total. The van der Waals surface area contributed by atoms with Gasteiger partial charge in [-0.15, -0.1) is 21.5 Å². The molecular weight excluding hydrogens is 633 g/mol. The molecule has 0 unspecified atom stereocenters. The number of nitrogens with one attached hydrogen (secondary N) is 1.